The van der Waals surface area contributed by atoms with E-state index in [-0.39, 0.29) is 5.91 Å². The molecule has 3 aromatic carbocycles. The second-order valence-electron chi connectivity index (χ2n) is 12.7. The van der Waals surface area contributed by atoms with E-state index in [2.05, 4.69) is 22.1 Å². The van der Waals surface area contributed by atoms with Gasteiger partial charge >= 0.3 is 6.18 Å². The number of para-hydroxylation sites is 1. The molecule has 2 heterocycles. The molecule has 1 amide bonds. The molecule has 2 N–H and O–H groups in total. The summed E-state index contributed by atoms with van der Waals surface area (Å²) < 4.78 is 39.9. The van der Waals surface area contributed by atoms with Gasteiger partial charge in [0.1, 0.15) is 6.54 Å². The molecule has 0 spiro atoms. The van der Waals surface area contributed by atoms with Gasteiger partial charge in [0.2, 0.25) is 0 Å². The van der Waals surface area contributed by atoms with Gasteiger partial charge in [0.25, 0.3) is 5.91 Å². The molecular formula is C39H41F3N4O. The zero-order chi connectivity index (χ0) is 33.0. The molecule has 1 fully saturated rings. The Balaban J connectivity index is 1.14. The van der Waals surface area contributed by atoms with Crippen LogP contribution in [0.3, 0.4) is 0 Å². The smallest absolute Gasteiger partial charge is 0.379 e. The average molecular weight is 639 g/mol. The number of amides is 1. The Morgan fingerprint density at radius 2 is 1.55 bits per heavy atom. The molecule has 0 radical (unpaired) electrons. The summed E-state index contributed by atoms with van der Waals surface area (Å²) in [7, 11) is 0. The fourth-order valence-electron chi connectivity index (χ4n) is 7.32. The van der Waals surface area contributed by atoms with Crippen molar-refractivity contribution in [2.45, 2.75) is 63.5 Å². The van der Waals surface area contributed by atoms with Crippen LogP contribution in [-0.2, 0) is 11.8 Å². The Morgan fingerprint density at radius 1 is 0.915 bits per heavy atom. The number of hydrogen-bond donors (Lipinski definition) is 2. The van der Waals surface area contributed by atoms with Crippen LogP contribution < -0.4 is 15.5 Å². The van der Waals surface area contributed by atoms with Crippen molar-refractivity contribution in [1.82, 2.24) is 10.3 Å². The van der Waals surface area contributed by atoms with Crippen LogP contribution in [0.15, 0.2) is 97.3 Å². The molecule has 0 saturated carbocycles. The molecular weight excluding hydrogens is 597 g/mol. The molecule has 1 aliphatic heterocycles. The molecule has 1 aromatic heterocycles. The number of unbranched alkanes of at least 4 members (excludes halogenated alkanes) is 1. The van der Waals surface area contributed by atoms with Gasteiger partial charge in [-0.3, -0.25) is 9.78 Å². The van der Waals surface area contributed by atoms with E-state index in [1.165, 1.54) is 6.42 Å². The SMILES string of the molecule is C=C(NCC(F)(F)F)C1(CCCCc2ncc(NC(=O)c3ccccc3N3CCCCC3)cc2C)c2ccccc2-c2ccccc21. The van der Waals surface area contributed by atoms with E-state index in [1.54, 1.807) is 6.20 Å². The second kappa shape index (κ2) is 13.6. The predicted molar refractivity (Wildman–Crippen MR) is 183 cm³/mol. The average Bonchev–Trinajstić information content (AvgIpc) is 3.37. The van der Waals surface area contributed by atoms with Gasteiger partial charge in [-0.2, -0.15) is 13.2 Å². The fraction of sp³-hybridized carbons (Fsp3) is 0.333. The van der Waals surface area contributed by atoms with Gasteiger partial charge in [-0.25, -0.2) is 0 Å². The third kappa shape index (κ3) is 6.78. The van der Waals surface area contributed by atoms with Gasteiger partial charge in [-0.15, -0.1) is 0 Å². The largest absolute Gasteiger partial charge is 0.405 e. The number of carbonyl (C=O) groups is 1. The quantitative estimate of drug-likeness (QED) is 0.161. The van der Waals surface area contributed by atoms with Gasteiger partial charge in [0.15, 0.2) is 0 Å². The summed E-state index contributed by atoms with van der Waals surface area (Å²) in [5.41, 5.74) is 7.81. The number of aromatic nitrogens is 1. The van der Waals surface area contributed by atoms with Crippen LogP contribution in [-0.4, -0.2) is 36.7 Å². The minimum atomic E-state index is -4.35. The van der Waals surface area contributed by atoms with Crippen LogP contribution in [0.2, 0.25) is 0 Å². The predicted octanol–water partition coefficient (Wildman–Crippen LogP) is 8.98. The van der Waals surface area contributed by atoms with Gasteiger partial charge in [-0.05, 0) is 91.5 Å². The monoisotopic (exact) mass is 638 g/mol. The number of rotatable bonds is 11. The highest BCUT2D eigenvalue weighted by Gasteiger charge is 2.45. The normalized spacial score (nSPS) is 15.1. The number of piperidine rings is 1. The molecule has 8 heteroatoms. The van der Waals surface area contributed by atoms with Gasteiger partial charge in [0, 0.05) is 30.2 Å². The first-order chi connectivity index (χ1) is 22.7. The van der Waals surface area contributed by atoms with Crippen LogP contribution in [0, 0.1) is 6.92 Å². The highest BCUT2D eigenvalue weighted by Crippen LogP contribution is 2.54. The maximum atomic E-state index is 13.3. The Kier molecular flexibility index (Phi) is 9.39. The highest BCUT2D eigenvalue weighted by atomic mass is 19.4. The molecule has 47 heavy (non-hydrogen) atoms. The van der Waals surface area contributed by atoms with E-state index in [0.717, 1.165) is 78.0 Å². The molecule has 1 saturated heterocycles. The first kappa shape index (κ1) is 32.4. The van der Waals surface area contributed by atoms with E-state index in [9.17, 15) is 18.0 Å². The van der Waals surface area contributed by atoms with Crippen molar-refractivity contribution in [2.75, 3.05) is 29.9 Å². The standard InChI is InChI=1S/C39H41F3N4O/c1-27-24-29(45-37(47)32-16-6-9-20-36(32)46-22-12-3-13-23-46)25-43-35(27)19-10-11-21-38(28(2)44-26-39(40,41)42)33-17-7-4-14-30(33)31-15-5-8-18-34(31)38/h4-9,14-18,20,24-25,44H,2-3,10-13,19,21-23,26H2,1H3,(H,45,47). The maximum absolute atomic E-state index is 13.3. The Bertz CT molecular complexity index is 1710. The molecule has 2 aliphatic rings. The number of alkyl halides is 3. The van der Waals surface area contributed by atoms with Crippen LogP contribution in [0.1, 0.15) is 71.3 Å². The van der Waals surface area contributed by atoms with Crippen molar-refractivity contribution < 1.29 is 18.0 Å². The lowest BCUT2D eigenvalue weighted by Crippen LogP contribution is -2.39. The Hall–Kier alpha value is -4.59. The summed E-state index contributed by atoms with van der Waals surface area (Å²) >= 11 is 0. The second-order valence-corrected chi connectivity index (χ2v) is 12.7. The van der Waals surface area contributed by atoms with Gasteiger partial charge in [-0.1, -0.05) is 73.7 Å². The lowest BCUT2D eigenvalue weighted by atomic mass is 9.71. The number of allylic oxidation sites excluding steroid dienone is 1. The summed E-state index contributed by atoms with van der Waals surface area (Å²) in [5.74, 6) is -0.151. The summed E-state index contributed by atoms with van der Waals surface area (Å²) in [4.78, 5) is 20.3. The van der Waals surface area contributed by atoms with Crippen LogP contribution in [0.4, 0.5) is 24.5 Å². The van der Waals surface area contributed by atoms with E-state index in [4.69, 9.17) is 4.98 Å². The molecule has 0 bridgehead atoms. The lowest BCUT2D eigenvalue weighted by Gasteiger charge is -2.35. The minimum absolute atomic E-state index is 0.151. The number of aryl methyl sites for hydroxylation is 2. The van der Waals surface area contributed by atoms with Crippen molar-refractivity contribution in [2.24, 2.45) is 0 Å². The number of hydrogen-bond acceptors (Lipinski definition) is 4. The fourth-order valence-corrected chi connectivity index (χ4v) is 7.32. The van der Waals surface area contributed by atoms with Crippen molar-refractivity contribution in [3.05, 3.63) is 125 Å². The van der Waals surface area contributed by atoms with E-state index >= 15 is 0 Å². The van der Waals surface area contributed by atoms with Crippen molar-refractivity contribution in [3.63, 3.8) is 0 Å². The zero-order valence-electron chi connectivity index (χ0n) is 26.8. The third-order valence-electron chi connectivity index (χ3n) is 9.59. The Morgan fingerprint density at radius 3 is 2.21 bits per heavy atom. The summed E-state index contributed by atoms with van der Waals surface area (Å²) in [5, 5.41) is 5.69. The highest BCUT2D eigenvalue weighted by molar-refractivity contribution is 6.08. The molecule has 0 atom stereocenters. The first-order valence-electron chi connectivity index (χ1n) is 16.5. The van der Waals surface area contributed by atoms with Gasteiger partial charge < -0.3 is 15.5 Å². The number of carbonyl (C=O) groups excluding carboxylic acids is 1. The zero-order valence-corrected chi connectivity index (χ0v) is 26.8. The topological polar surface area (TPSA) is 57.3 Å². The van der Waals surface area contributed by atoms with Crippen LogP contribution in [0.5, 0.6) is 0 Å². The number of nitrogens with one attached hydrogen (secondary N) is 2. The molecule has 6 rings (SSSR count). The van der Waals surface area contributed by atoms with E-state index in [0.29, 0.717) is 29.8 Å². The first-order valence-corrected chi connectivity index (χ1v) is 16.5. The van der Waals surface area contributed by atoms with Gasteiger partial charge in [0.05, 0.1) is 22.9 Å². The van der Waals surface area contributed by atoms with Crippen molar-refractivity contribution >= 4 is 17.3 Å². The summed E-state index contributed by atoms with van der Waals surface area (Å²) in [6.07, 6.45) is 3.69. The molecule has 244 valence electrons. The summed E-state index contributed by atoms with van der Waals surface area (Å²) in [6, 6.07) is 25.6. The number of anilines is 2. The number of pyridine rings is 1. The molecule has 0 unspecified atom stereocenters. The third-order valence-corrected chi connectivity index (χ3v) is 9.59. The van der Waals surface area contributed by atoms with Crippen LogP contribution >= 0.6 is 0 Å². The number of benzene rings is 3. The molecule has 1 aliphatic carbocycles. The van der Waals surface area contributed by atoms with Crippen molar-refractivity contribution in [3.8, 4) is 11.1 Å². The van der Waals surface area contributed by atoms with Crippen LogP contribution in [0.25, 0.3) is 11.1 Å². The summed E-state index contributed by atoms with van der Waals surface area (Å²) in [6.45, 7) is 6.96. The Labute approximate surface area is 274 Å². The minimum Gasteiger partial charge on any atom is -0.379 e. The number of halogens is 3. The number of nitrogens with zero attached hydrogens (tertiary/aromatic N) is 2. The molecule has 5 nitrogen and oxygen atoms in total. The van der Waals surface area contributed by atoms with E-state index in [1.807, 2.05) is 85.8 Å². The number of fused-ring (bicyclic) bond motifs is 3. The van der Waals surface area contributed by atoms with E-state index < -0.39 is 18.1 Å². The molecule has 4 aromatic rings. The van der Waals surface area contributed by atoms with Crippen molar-refractivity contribution in [1.29, 1.82) is 0 Å². The lowest BCUT2D eigenvalue weighted by molar-refractivity contribution is -0.123. The maximum Gasteiger partial charge on any atom is 0.405 e.